The molecule has 5 heteroatoms. The number of carbonyl (C=O) groups is 1. The van der Waals surface area contributed by atoms with E-state index in [-0.39, 0.29) is 5.91 Å². The summed E-state index contributed by atoms with van der Waals surface area (Å²) in [5.41, 5.74) is 0. The summed E-state index contributed by atoms with van der Waals surface area (Å²) >= 11 is 10.3. The van der Waals surface area contributed by atoms with Crippen LogP contribution in [0.2, 0.25) is 0 Å². The Balaban J connectivity index is 2.30. The molecule has 1 amide bonds. The van der Waals surface area contributed by atoms with Gasteiger partial charge in [0.1, 0.15) is 0 Å². The molecule has 0 saturated heterocycles. The standard InChI is InChI=1S/C10H11BrClNOS/c11-8-1-3-9(4-2-8)15-7-10(14)13-6-5-12/h1-4H,5-7H2,(H,13,14). The number of alkyl halides is 1. The van der Waals surface area contributed by atoms with E-state index < -0.39 is 0 Å². The van der Waals surface area contributed by atoms with Crippen LogP contribution < -0.4 is 5.32 Å². The molecule has 0 aliphatic carbocycles. The van der Waals surface area contributed by atoms with Gasteiger partial charge in [0.15, 0.2) is 0 Å². The van der Waals surface area contributed by atoms with Gasteiger partial charge in [-0.15, -0.1) is 23.4 Å². The predicted octanol–water partition coefficient (Wildman–Crippen LogP) is 2.90. The zero-order valence-corrected chi connectivity index (χ0v) is 11.2. The lowest BCUT2D eigenvalue weighted by molar-refractivity contribution is -0.118. The van der Waals surface area contributed by atoms with Gasteiger partial charge in [-0.3, -0.25) is 4.79 Å². The van der Waals surface area contributed by atoms with Crippen LogP contribution in [0.5, 0.6) is 0 Å². The summed E-state index contributed by atoms with van der Waals surface area (Å²) in [6, 6.07) is 7.87. The first-order chi connectivity index (χ1) is 7.22. The third-order valence-corrected chi connectivity index (χ3v) is 3.33. The molecule has 15 heavy (non-hydrogen) atoms. The number of amides is 1. The summed E-state index contributed by atoms with van der Waals surface area (Å²) in [7, 11) is 0. The van der Waals surface area contributed by atoms with Crippen LogP contribution in [0.25, 0.3) is 0 Å². The van der Waals surface area contributed by atoms with Crippen LogP contribution in [0.4, 0.5) is 0 Å². The molecular formula is C10H11BrClNOS. The molecule has 2 nitrogen and oxygen atoms in total. The van der Waals surface area contributed by atoms with Gasteiger partial charge in [0, 0.05) is 21.8 Å². The number of hydrogen-bond donors (Lipinski definition) is 1. The second-order valence-corrected chi connectivity index (χ2v) is 5.12. The van der Waals surface area contributed by atoms with E-state index >= 15 is 0 Å². The van der Waals surface area contributed by atoms with Crippen LogP contribution in [0.15, 0.2) is 33.6 Å². The predicted molar refractivity (Wildman–Crippen MR) is 68.6 cm³/mol. The van der Waals surface area contributed by atoms with E-state index in [1.54, 1.807) is 0 Å². The molecular weight excluding hydrogens is 298 g/mol. The number of benzene rings is 1. The minimum atomic E-state index is 0.0172. The Morgan fingerprint density at radius 1 is 1.40 bits per heavy atom. The molecule has 1 aromatic rings. The molecule has 0 radical (unpaired) electrons. The second-order valence-electron chi connectivity index (χ2n) is 2.78. The van der Waals surface area contributed by atoms with E-state index in [1.807, 2.05) is 24.3 Å². The van der Waals surface area contributed by atoms with Crippen molar-refractivity contribution >= 4 is 45.2 Å². The van der Waals surface area contributed by atoms with E-state index in [1.165, 1.54) is 11.8 Å². The van der Waals surface area contributed by atoms with Gasteiger partial charge in [0.2, 0.25) is 5.91 Å². The first-order valence-corrected chi connectivity index (χ1v) is 6.74. The van der Waals surface area contributed by atoms with Crippen molar-refractivity contribution in [3.05, 3.63) is 28.7 Å². The maximum absolute atomic E-state index is 11.2. The van der Waals surface area contributed by atoms with Gasteiger partial charge in [-0.1, -0.05) is 15.9 Å². The average Bonchev–Trinajstić information content (AvgIpc) is 2.25. The van der Waals surface area contributed by atoms with Crippen LogP contribution in [0.3, 0.4) is 0 Å². The van der Waals surface area contributed by atoms with Gasteiger partial charge in [-0.25, -0.2) is 0 Å². The SMILES string of the molecule is O=C(CSc1ccc(Br)cc1)NCCCl. The first-order valence-electron chi connectivity index (χ1n) is 4.43. The Morgan fingerprint density at radius 2 is 2.07 bits per heavy atom. The molecule has 0 spiro atoms. The maximum Gasteiger partial charge on any atom is 0.230 e. The Labute approximate surface area is 107 Å². The summed E-state index contributed by atoms with van der Waals surface area (Å²) in [4.78, 5) is 12.3. The molecule has 0 fully saturated rings. The van der Waals surface area contributed by atoms with Gasteiger partial charge in [-0.05, 0) is 24.3 Å². The van der Waals surface area contributed by atoms with Crippen molar-refractivity contribution in [3.8, 4) is 0 Å². The number of rotatable bonds is 5. The van der Waals surface area contributed by atoms with Gasteiger partial charge < -0.3 is 5.32 Å². The number of carbonyl (C=O) groups excluding carboxylic acids is 1. The van der Waals surface area contributed by atoms with Crippen molar-refractivity contribution in [2.75, 3.05) is 18.2 Å². The van der Waals surface area contributed by atoms with E-state index in [4.69, 9.17) is 11.6 Å². The lowest BCUT2D eigenvalue weighted by Gasteiger charge is -2.02. The number of hydrogen-bond acceptors (Lipinski definition) is 2. The zero-order valence-electron chi connectivity index (χ0n) is 8.00. The number of halogens is 2. The molecule has 0 atom stereocenters. The Bertz CT molecular complexity index is 318. The quantitative estimate of drug-likeness (QED) is 0.669. The summed E-state index contributed by atoms with van der Waals surface area (Å²) in [5, 5.41) is 2.71. The molecule has 0 bridgehead atoms. The van der Waals surface area contributed by atoms with Gasteiger partial charge >= 0.3 is 0 Å². The van der Waals surface area contributed by atoms with Crippen molar-refractivity contribution in [2.24, 2.45) is 0 Å². The Hall–Kier alpha value is -0.190. The van der Waals surface area contributed by atoms with Crippen molar-refractivity contribution in [2.45, 2.75) is 4.90 Å². The van der Waals surface area contributed by atoms with Crippen LogP contribution in [0, 0.1) is 0 Å². The summed E-state index contributed by atoms with van der Waals surface area (Å²) in [5.74, 6) is 0.899. The second kappa shape index (κ2) is 7.14. The minimum absolute atomic E-state index is 0.0172. The fourth-order valence-electron chi connectivity index (χ4n) is 0.917. The molecule has 1 rings (SSSR count). The van der Waals surface area contributed by atoms with E-state index in [0.717, 1.165) is 9.37 Å². The smallest absolute Gasteiger partial charge is 0.230 e. The normalized spacial score (nSPS) is 10.0. The third-order valence-electron chi connectivity index (χ3n) is 1.60. The fraction of sp³-hybridized carbons (Fsp3) is 0.300. The Morgan fingerprint density at radius 3 is 2.67 bits per heavy atom. The van der Waals surface area contributed by atoms with E-state index in [9.17, 15) is 4.79 Å². The maximum atomic E-state index is 11.2. The highest BCUT2D eigenvalue weighted by atomic mass is 79.9. The highest BCUT2D eigenvalue weighted by Gasteiger charge is 2.01. The molecule has 1 aromatic carbocycles. The summed E-state index contributed by atoms with van der Waals surface area (Å²) in [6.07, 6.45) is 0. The number of thioether (sulfide) groups is 1. The molecule has 1 N–H and O–H groups in total. The van der Waals surface area contributed by atoms with Gasteiger partial charge in [-0.2, -0.15) is 0 Å². The van der Waals surface area contributed by atoms with Crippen LogP contribution >= 0.6 is 39.3 Å². The van der Waals surface area contributed by atoms with Gasteiger partial charge in [0.05, 0.1) is 5.75 Å². The molecule has 0 heterocycles. The summed E-state index contributed by atoms with van der Waals surface area (Å²) in [6.45, 7) is 0.529. The molecule has 0 aliphatic heterocycles. The minimum Gasteiger partial charge on any atom is -0.354 e. The molecule has 82 valence electrons. The van der Waals surface area contributed by atoms with Crippen molar-refractivity contribution in [3.63, 3.8) is 0 Å². The monoisotopic (exact) mass is 307 g/mol. The average molecular weight is 309 g/mol. The van der Waals surface area contributed by atoms with Gasteiger partial charge in [0.25, 0.3) is 0 Å². The lowest BCUT2D eigenvalue weighted by Crippen LogP contribution is -2.26. The van der Waals surface area contributed by atoms with Crippen molar-refractivity contribution in [1.82, 2.24) is 5.32 Å². The zero-order chi connectivity index (χ0) is 11.1. The third kappa shape index (κ3) is 5.44. The number of nitrogens with one attached hydrogen (secondary N) is 1. The van der Waals surface area contributed by atoms with Crippen molar-refractivity contribution < 1.29 is 4.79 Å². The van der Waals surface area contributed by atoms with Crippen LogP contribution in [-0.4, -0.2) is 24.1 Å². The van der Waals surface area contributed by atoms with E-state index in [0.29, 0.717) is 18.2 Å². The van der Waals surface area contributed by atoms with Crippen molar-refractivity contribution in [1.29, 1.82) is 0 Å². The lowest BCUT2D eigenvalue weighted by atomic mass is 10.4. The van der Waals surface area contributed by atoms with E-state index in [2.05, 4.69) is 21.2 Å². The summed E-state index contributed by atoms with van der Waals surface area (Å²) < 4.78 is 1.04. The first kappa shape index (κ1) is 12.9. The molecule has 0 unspecified atom stereocenters. The highest BCUT2D eigenvalue weighted by Crippen LogP contribution is 2.20. The topological polar surface area (TPSA) is 29.1 Å². The van der Waals surface area contributed by atoms with Crippen LogP contribution in [-0.2, 0) is 4.79 Å². The molecule has 0 aliphatic rings. The largest absolute Gasteiger partial charge is 0.354 e. The molecule has 0 aromatic heterocycles. The van der Waals surface area contributed by atoms with Crippen LogP contribution in [0.1, 0.15) is 0 Å². The fourth-order valence-corrected chi connectivity index (χ4v) is 2.00. The highest BCUT2D eigenvalue weighted by molar-refractivity contribution is 9.10. The molecule has 0 saturated carbocycles. The Kier molecular flexibility index (Phi) is 6.13.